The highest BCUT2D eigenvalue weighted by atomic mass is 79.9. The van der Waals surface area contributed by atoms with E-state index in [2.05, 4.69) is 26.0 Å². The van der Waals surface area contributed by atoms with Crippen LogP contribution in [0.4, 0.5) is 0 Å². The number of rotatable bonds is 8. The fourth-order valence-corrected chi connectivity index (χ4v) is 3.67. The maximum absolute atomic E-state index is 12.9. The van der Waals surface area contributed by atoms with E-state index in [1.165, 1.54) is 10.9 Å². The molecule has 1 aromatic heterocycles. The van der Waals surface area contributed by atoms with Gasteiger partial charge in [-0.25, -0.2) is 9.78 Å². The van der Waals surface area contributed by atoms with Gasteiger partial charge in [-0.3, -0.25) is 4.79 Å². The van der Waals surface area contributed by atoms with Crippen LogP contribution in [-0.4, -0.2) is 41.2 Å². The zero-order chi connectivity index (χ0) is 24.1. The van der Waals surface area contributed by atoms with Gasteiger partial charge >= 0.3 is 5.97 Å². The third-order valence-corrected chi connectivity index (χ3v) is 5.31. The molecule has 0 saturated carbocycles. The van der Waals surface area contributed by atoms with E-state index in [9.17, 15) is 9.59 Å². The lowest BCUT2D eigenvalue weighted by atomic mass is 10.2. The van der Waals surface area contributed by atoms with Gasteiger partial charge in [-0.05, 0) is 63.6 Å². The summed E-state index contributed by atoms with van der Waals surface area (Å²) in [6, 6.07) is 8.57. The molecule has 0 N–H and O–H groups in total. The van der Waals surface area contributed by atoms with Crippen LogP contribution in [-0.2, 0) is 9.53 Å². The van der Waals surface area contributed by atoms with Gasteiger partial charge in [0.15, 0.2) is 17.6 Å². The molecule has 0 aliphatic carbocycles. The first kappa shape index (κ1) is 24.7. The van der Waals surface area contributed by atoms with Crippen molar-refractivity contribution in [2.75, 3.05) is 13.2 Å². The van der Waals surface area contributed by atoms with E-state index >= 15 is 0 Å². The van der Waals surface area contributed by atoms with Crippen molar-refractivity contribution in [3.63, 3.8) is 0 Å². The number of esters is 1. The molecule has 0 aliphatic heterocycles. The maximum atomic E-state index is 12.9. The number of carbonyl (C=O) groups is 1. The van der Waals surface area contributed by atoms with E-state index in [1.54, 1.807) is 45.0 Å². The summed E-state index contributed by atoms with van der Waals surface area (Å²) in [6.07, 6.45) is 0.609. The molecular formula is C23H23BrClN3O5. The summed E-state index contributed by atoms with van der Waals surface area (Å²) in [7, 11) is 0. The first-order chi connectivity index (χ1) is 15.7. The van der Waals surface area contributed by atoms with E-state index in [0.29, 0.717) is 34.6 Å². The number of aryl methyl sites for hydroxylation is 1. The number of benzene rings is 2. The van der Waals surface area contributed by atoms with Crippen LogP contribution in [0.1, 0.15) is 32.2 Å². The lowest BCUT2D eigenvalue weighted by Crippen LogP contribution is -2.26. The van der Waals surface area contributed by atoms with Gasteiger partial charge in [0.25, 0.3) is 5.56 Å². The van der Waals surface area contributed by atoms with Crippen LogP contribution >= 0.6 is 27.5 Å². The molecule has 0 radical (unpaired) electrons. The van der Waals surface area contributed by atoms with E-state index in [0.717, 1.165) is 4.47 Å². The maximum Gasteiger partial charge on any atom is 0.347 e. The number of fused-ring (bicyclic) bond motifs is 1. The second kappa shape index (κ2) is 10.8. The molecule has 0 bridgehead atoms. The zero-order valence-corrected chi connectivity index (χ0v) is 20.9. The van der Waals surface area contributed by atoms with E-state index in [-0.39, 0.29) is 22.9 Å². The third-order valence-electron chi connectivity index (χ3n) is 4.54. The first-order valence-electron chi connectivity index (χ1n) is 10.3. The predicted octanol–water partition coefficient (Wildman–Crippen LogP) is 4.73. The fourth-order valence-electron chi connectivity index (χ4n) is 3.04. The van der Waals surface area contributed by atoms with Gasteiger partial charge in [0.1, 0.15) is 5.82 Å². The summed E-state index contributed by atoms with van der Waals surface area (Å²) in [4.78, 5) is 29.3. The molecule has 3 aromatic rings. The minimum Gasteiger partial charge on any atom is -0.490 e. The third kappa shape index (κ3) is 5.72. The molecule has 1 heterocycles. The summed E-state index contributed by atoms with van der Waals surface area (Å²) in [6.45, 7) is 7.39. The average Bonchev–Trinajstić information content (AvgIpc) is 2.76. The molecule has 0 unspecified atom stereocenters. The Labute approximate surface area is 204 Å². The van der Waals surface area contributed by atoms with Crippen LogP contribution in [0.25, 0.3) is 10.9 Å². The number of ether oxygens (including phenoxy) is 3. The average molecular weight is 537 g/mol. The quantitative estimate of drug-likeness (QED) is 0.305. The summed E-state index contributed by atoms with van der Waals surface area (Å²) < 4.78 is 18.3. The number of hydrogen-bond donors (Lipinski definition) is 0. The molecular weight excluding hydrogens is 514 g/mol. The molecule has 0 amide bonds. The Kier molecular flexibility index (Phi) is 8.10. The summed E-state index contributed by atoms with van der Waals surface area (Å²) in [5, 5.41) is 4.98. The van der Waals surface area contributed by atoms with Crippen molar-refractivity contribution in [3.05, 3.63) is 61.6 Å². The molecule has 0 fully saturated rings. The van der Waals surface area contributed by atoms with Gasteiger partial charge in [-0.15, -0.1) is 0 Å². The molecule has 1 atom stereocenters. The predicted molar refractivity (Wildman–Crippen MR) is 131 cm³/mol. The molecule has 10 heteroatoms. The Morgan fingerprint density at radius 1 is 1.27 bits per heavy atom. The van der Waals surface area contributed by atoms with Crippen LogP contribution < -0.4 is 15.0 Å². The van der Waals surface area contributed by atoms with Gasteiger partial charge in [0, 0.05) is 4.47 Å². The Bertz CT molecular complexity index is 1280. The topological polar surface area (TPSA) is 92.0 Å². The van der Waals surface area contributed by atoms with Crippen molar-refractivity contribution in [3.8, 4) is 11.5 Å². The SMILES string of the molecule is CCOC(=O)[C@H](C)Oc1c(Cl)cc(C=Nn2c(C)nc3ccc(Br)cc3c2=O)cc1OCC. The van der Waals surface area contributed by atoms with Crippen LogP contribution in [0.2, 0.25) is 5.02 Å². The largest absolute Gasteiger partial charge is 0.490 e. The van der Waals surface area contributed by atoms with Crippen LogP contribution in [0.3, 0.4) is 0 Å². The number of aromatic nitrogens is 2. The summed E-state index contributed by atoms with van der Waals surface area (Å²) >= 11 is 9.80. The highest BCUT2D eigenvalue weighted by Crippen LogP contribution is 2.37. The number of hydrogen-bond acceptors (Lipinski definition) is 7. The monoisotopic (exact) mass is 535 g/mol. The minimum absolute atomic E-state index is 0.224. The van der Waals surface area contributed by atoms with Crippen molar-refractivity contribution in [2.24, 2.45) is 5.10 Å². The van der Waals surface area contributed by atoms with Crippen LogP contribution in [0.5, 0.6) is 11.5 Å². The Hall–Kier alpha value is -2.91. The second-order valence-electron chi connectivity index (χ2n) is 6.96. The van der Waals surface area contributed by atoms with Gasteiger partial charge in [-0.2, -0.15) is 9.78 Å². The van der Waals surface area contributed by atoms with Gasteiger partial charge in [0.2, 0.25) is 0 Å². The van der Waals surface area contributed by atoms with Crippen molar-refractivity contribution >= 4 is 50.6 Å². The molecule has 0 spiro atoms. The van der Waals surface area contributed by atoms with Crippen molar-refractivity contribution in [1.82, 2.24) is 9.66 Å². The molecule has 0 aliphatic rings. The summed E-state index contributed by atoms with van der Waals surface area (Å²) in [5.41, 5.74) is 0.862. The van der Waals surface area contributed by atoms with Crippen LogP contribution in [0.15, 0.2) is 44.7 Å². The normalized spacial score (nSPS) is 12.2. The molecule has 8 nitrogen and oxygen atoms in total. The van der Waals surface area contributed by atoms with E-state index in [4.69, 9.17) is 25.8 Å². The highest BCUT2D eigenvalue weighted by molar-refractivity contribution is 9.10. The van der Waals surface area contributed by atoms with Gasteiger partial charge < -0.3 is 14.2 Å². The highest BCUT2D eigenvalue weighted by Gasteiger charge is 2.21. The lowest BCUT2D eigenvalue weighted by molar-refractivity contribution is -0.150. The fraction of sp³-hybridized carbons (Fsp3) is 0.304. The molecule has 2 aromatic carbocycles. The van der Waals surface area contributed by atoms with Crippen molar-refractivity contribution in [2.45, 2.75) is 33.8 Å². The molecule has 3 rings (SSSR count). The van der Waals surface area contributed by atoms with Gasteiger partial charge in [-0.1, -0.05) is 27.5 Å². The van der Waals surface area contributed by atoms with E-state index < -0.39 is 12.1 Å². The first-order valence-corrected chi connectivity index (χ1v) is 11.4. The number of carbonyl (C=O) groups excluding carboxylic acids is 1. The molecule has 33 heavy (non-hydrogen) atoms. The van der Waals surface area contributed by atoms with Crippen LogP contribution in [0, 0.1) is 6.92 Å². The van der Waals surface area contributed by atoms with Crippen molar-refractivity contribution < 1.29 is 19.0 Å². The second-order valence-corrected chi connectivity index (χ2v) is 8.28. The van der Waals surface area contributed by atoms with E-state index in [1.807, 2.05) is 13.0 Å². The van der Waals surface area contributed by atoms with Crippen molar-refractivity contribution in [1.29, 1.82) is 0 Å². The Morgan fingerprint density at radius 2 is 2.03 bits per heavy atom. The molecule has 174 valence electrons. The summed E-state index contributed by atoms with van der Waals surface area (Å²) in [5.74, 6) is 0.492. The standard InChI is InChI=1S/C23H23BrClN3O5/c1-5-31-20-10-15(9-18(25)21(20)33-13(3)23(30)32-6-2)12-26-28-14(4)27-19-8-7-16(24)11-17(19)22(28)29/h7-13H,5-6H2,1-4H3/t13-/m0/s1. The minimum atomic E-state index is -0.870. The lowest BCUT2D eigenvalue weighted by Gasteiger charge is -2.18. The number of halogens is 2. The zero-order valence-electron chi connectivity index (χ0n) is 18.6. The number of nitrogens with zero attached hydrogens (tertiary/aromatic N) is 3. The molecule has 0 saturated heterocycles. The Morgan fingerprint density at radius 3 is 2.73 bits per heavy atom. The Balaban J connectivity index is 1.97. The smallest absolute Gasteiger partial charge is 0.347 e. The van der Waals surface area contributed by atoms with Gasteiger partial charge in [0.05, 0.1) is 35.4 Å².